The van der Waals surface area contributed by atoms with Crippen molar-refractivity contribution < 1.29 is 0 Å². The summed E-state index contributed by atoms with van der Waals surface area (Å²) in [5.74, 6) is 2.32. The number of hydrogen-bond donors (Lipinski definition) is 0. The van der Waals surface area contributed by atoms with Gasteiger partial charge in [-0.05, 0) is 65.8 Å². The van der Waals surface area contributed by atoms with Crippen molar-refractivity contribution in [3.63, 3.8) is 0 Å². The minimum absolute atomic E-state index is 0. The van der Waals surface area contributed by atoms with Crippen LogP contribution in [0.2, 0.25) is 0 Å². The molecule has 0 bridgehead atoms. The van der Waals surface area contributed by atoms with E-state index in [1.165, 1.54) is 30.2 Å². The van der Waals surface area contributed by atoms with Gasteiger partial charge in [0.15, 0.2) is 0 Å². The molecule has 0 fully saturated rings. The fourth-order valence-electron chi connectivity index (χ4n) is 3.93. The Bertz CT molecular complexity index is 842. The van der Waals surface area contributed by atoms with Gasteiger partial charge in [0, 0.05) is 11.6 Å². The van der Waals surface area contributed by atoms with Gasteiger partial charge in [0.25, 0.3) is 0 Å². The largest absolute Gasteiger partial charge is 0.256 e. The lowest BCUT2D eigenvalue weighted by molar-refractivity contribution is 0.343. The van der Waals surface area contributed by atoms with E-state index >= 15 is 0 Å². The van der Waals surface area contributed by atoms with Crippen molar-refractivity contribution in [3.05, 3.63) is 77.5 Å². The normalized spacial score (nSPS) is 15.1. The molecule has 1 heteroatoms. The topological polar surface area (TPSA) is 12.9 Å². The van der Waals surface area contributed by atoms with Crippen LogP contribution in [0, 0.1) is 11.8 Å². The Morgan fingerprint density at radius 1 is 0.821 bits per heavy atom. The summed E-state index contributed by atoms with van der Waals surface area (Å²) in [7, 11) is 0. The highest BCUT2D eigenvalue weighted by Gasteiger charge is 2.20. The Hall–Kier alpha value is -2.15. The summed E-state index contributed by atoms with van der Waals surface area (Å²) in [4.78, 5) is 4.32. The SMILES string of the molecule is C.C.CC(C)C1CCc2ccccc2C1.CC(C)c1cccc2ncccc12. The quantitative estimate of drug-likeness (QED) is 0.440. The van der Waals surface area contributed by atoms with Crippen molar-refractivity contribution in [2.75, 3.05) is 0 Å². The minimum atomic E-state index is 0. The van der Waals surface area contributed by atoms with E-state index in [0.717, 1.165) is 17.4 Å². The molecule has 1 atom stereocenters. The fourth-order valence-corrected chi connectivity index (χ4v) is 3.93. The van der Waals surface area contributed by atoms with Crippen LogP contribution in [0.3, 0.4) is 0 Å². The zero-order valence-electron chi connectivity index (χ0n) is 16.6. The lowest BCUT2D eigenvalue weighted by Gasteiger charge is -2.27. The first-order chi connectivity index (χ1) is 12.6. The van der Waals surface area contributed by atoms with E-state index < -0.39 is 0 Å². The van der Waals surface area contributed by atoms with E-state index in [4.69, 9.17) is 0 Å². The number of aryl methyl sites for hydroxylation is 1. The van der Waals surface area contributed by atoms with Gasteiger partial charge >= 0.3 is 0 Å². The standard InChI is InChI=1S/C13H18.C12H13N.2CH4/c1-10(2)12-8-7-11-5-3-4-6-13(11)9-12;1-9(2)10-5-3-7-12-11(10)6-4-8-13-12;;/h3-6,10,12H,7-9H2,1-2H3;3-9H,1-2H3;2*1H4. The molecule has 3 aromatic rings. The Morgan fingerprint density at radius 2 is 1.54 bits per heavy atom. The summed E-state index contributed by atoms with van der Waals surface area (Å²) in [6, 6.07) is 19.3. The first kappa shape index (κ1) is 23.9. The van der Waals surface area contributed by atoms with Crippen LogP contribution in [0.5, 0.6) is 0 Å². The molecule has 0 aliphatic heterocycles. The maximum absolute atomic E-state index is 4.32. The molecule has 28 heavy (non-hydrogen) atoms. The molecule has 2 aromatic carbocycles. The molecule has 152 valence electrons. The summed E-state index contributed by atoms with van der Waals surface area (Å²) >= 11 is 0. The summed E-state index contributed by atoms with van der Waals surface area (Å²) in [6.45, 7) is 9.11. The van der Waals surface area contributed by atoms with Crippen LogP contribution >= 0.6 is 0 Å². The van der Waals surface area contributed by atoms with E-state index in [-0.39, 0.29) is 14.9 Å². The van der Waals surface area contributed by atoms with E-state index in [0.29, 0.717) is 5.92 Å². The molecule has 1 heterocycles. The smallest absolute Gasteiger partial charge is 0.0704 e. The van der Waals surface area contributed by atoms with Crippen LogP contribution in [0.4, 0.5) is 0 Å². The third kappa shape index (κ3) is 5.67. The van der Waals surface area contributed by atoms with Crippen LogP contribution < -0.4 is 0 Å². The number of aromatic nitrogens is 1. The highest BCUT2D eigenvalue weighted by atomic mass is 14.6. The highest BCUT2D eigenvalue weighted by molar-refractivity contribution is 5.82. The molecule has 0 radical (unpaired) electrons. The van der Waals surface area contributed by atoms with Gasteiger partial charge in [-0.3, -0.25) is 4.98 Å². The Labute approximate surface area is 173 Å². The van der Waals surface area contributed by atoms with Crippen molar-refractivity contribution >= 4 is 10.9 Å². The first-order valence-corrected chi connectivity index (χ1v) is 9.96. The average Bonchev–Trinajstić information content (AvgIpc) is 2.67. The number of hydrogen-bond acceptors (Lipinski definition) is 1. The van der Waals surface area contributed by atoms with Crippen molar-refractivity contribution in [1.29, 1.82) is 0 Å². The predicted molar refractivity (Wildman–Crippen MR) is 126 cm³/mol. The number of pyridine rings is 1. The van der Waals surface area contributed by atoms with Crippen molar-refractivity contribution in [1.82, 2.24) is 4.98 Å². The van der Waals surface area contributed by atoms with Crippen LogP contribution in [0.25, 0.3) is 10.9 Å². The van der Waals surface area contributed by atoms with Gasteiger partial charge < -0.3 is 0 Å². The van der Waals surface area contributed by atoms with E-state index in [1.807, 2.05) is 12.3 Å². The van der Waals surface area contributed by atoms with Gasteiger partial charge in [-0.15, -0.1) is 0 Å². The van der Waals surface area contributed by atoms with Crippen molar-refractivity contribution in [2.45, 2.75) is 67.7 Å². The van der Waals surface area contributed by atoms with Gasteiger partial charge in [0.2, 0.25) is 0 Å². The molecule has 0 amide bonds. The van der Waals surface area contributed by atoms with E-state index in [9.17, 15) is 0 Å². The molecule has 0 spiro atoms. The molecule has 1 aliphatic rings. The maximum Gasteiger partial charge on any atom is 0.0704 e. The van der Waals surface area contributed by atoms with Crippen LogP contribution in [-0.2, 0) is 12.8 Å². The predicted octanol–water partition coefficient (Wildman–Crippen LogP) is 8.08. The molecule has 0 saturated carbocycles. The number of rotatable bonds is 2. The van der Waals surface area contributed by atoms with E-state index in [1.54, 1.807) is 11.1 Å². The molecule has 1 aromatic heterocycles. The second kappa shape index (κ2) is 11.0. The van der Waals surface area contributed by atoms with Crippen LogP contribution in [0.1, 0.15) is 71.6 Å². The Balaban J connectivity index is 0.000000261. The molecular weight excluding hydrogens is 338 g/mol. The van der Waals surface area contributed by atoms with Crippen LogP contribution in [0.15, 0.2) is 60.8 Å². The van der Waals surface area contributed by atoms with Crippen LogP contribution in [-0.4, -0.2) is 4.98 Å². The third-order valence-electron chi connectivity index (χ3n) is 5.63. The molecule has 1 aliphatic carbocycles. The zero-order chi connectivity index (χ0) is 18.5. The second-order valence-corrected chi connectivity index (χ2v) is 8.09. The fraction of sp³-hybridized carbons (Fsp3) is 0.444. The maximum atomic E-state index is 4.32. The third-order valence-corrected chi connectivity index (χ3v) is 5.63. The second-order valence-electron chi connectivity index (χ2n) is 8.09. The molecule has 4 rings (SSSR count). The first-order valence-electron chi connectivity index (χ1n) is 9.96. The molecule has 0 N–H and O–H groups in total. The monoisotopic (exact) mass is 377 g/mol. The van der Waals surface area contributed by atoms with Crippen molar-refractivity contribution in [3.8, 4) is 0 Å². The van der Waals surface area contributed by atoms with Gasteiger partial charge in [-0.1, -0.05) is 85.0 Å². The summed E-state index contributed by atoms with van der Waals surface area (Å²) in [5.41, 5.74) is 5.64. The van der Waals surface area contributed by atoms with Gasteiger partial charge in [-0.25, -0.2) is 0 Å². The molecular formula is C27H39N. The Morgan fingerprint density at radius 3 is 2.21 bits per heavy atom. The lowest BCUT2D eigenvalue weighted by Crippen LogP contribution is -2.18. The molecule has 1 nitrogen and oxygen atoms in total. The number of fused-ring (bicyclic) bond motifs is 2. The summed E-state index contributed by atoms with van der Waals surface area (Å²) < 4.78 is 0. The van der Waals surface area contributed by atoms with Crippen molar-refractivity contribution in [2.24, 2.45) is 11.8 Å². The van der Waals surface area contributed by atoms with Gasteiger partial charge in [0.1, 0.15) is 0 Å². The zero-order valence-corrected chi connectivity index (χ0v) is 16.6. The van der Waals surface area contributed by atoms with Gasteiger partial charge in [0.05, 0.1) is 5.52 Å². The van der Waals surface area contributed by atoms with E-state index in [2.05, 4.69) is 81.2 Å². The number of nitrogens with zero attached hydrogens (tertiary/aromatic N) is 1. The highest BCUT2D eigenvalue weighted by Crippen LogP contribution is 2.29. The number of benzene rings is 2. The Kier molecular flexibility index (Phi) is 9.38. The molecule has 0 saturated heterocycles. The average molecular weight is 378 g/mol. The molecule has 1 unspecified atom stereocenters. The van der Waals surface area contributed by atoms with Gasteiger partial charge in [-0.2, -0.15) is 0 Å². The lowest BCUT2D eigenvalue weighted by atomic mass is 9.78. The minimum Gasteiger partial charge on any atom is -0.256 e. The summed E-state index contributed by atoms with van der Waals surface area (Å²) in [6.07, 6.45) is 5.81. The summed E-state index contributed by atoms with van der Waals surface area (Å²) in [5, 5.41) is 1.28.